The van der Waals surface area contributed by atoms with E-state index in [9.17, 15) is 4.79 Å². The Hall–Kier alpha value is -2.37. The number of likely N-dealkylation sites (tertiary alicyclic amines) is 1. The van der Waals surface area contributed by atoms with Crippen LogP contribution in [0.5, 0.6) is 5.75 Å². The summed E-state index contributed by atoms with van der Waals surface area (Å²) < 4.78 is 11.2. The average Bonchev–Trinajstić information content (AvgIpc) is 3.24. The van der Waals surface area contributed by atoms with Crippen molar-refractivity contribution >= 4 is 5.91 Å². The van der Waals surface area contributed by atoms with E-state index < -0.39 is 0 Å². The third kappa shape index (κ3) is 3.99. The number of hydrogen-bond acceptors (Lipinski definition) is 5. The normalized spacial score (nSPS) is 21.2. The number of benzene rings is 1. The first-order valence-electron chi connectivity index (χ1n) is 10.0. The molecule has 1 saturated carbocycles. The highest BCUT2D eigenvalue weighted by molar-refractivity contribution is 5.94. The van der Waals surface area contributed by atoms with Gasteiger partial charge in [0.05, 0.1) is 13.0 Å². The van der Waals surface area contributed by atoms with Crippen molar-refractivity contribution in [2.24, 2.45) is 0 Å². The van der Waals surface area contributed by atoms with Crippen molar-refractivity contribution < 1.29 is 13.9 Å². The first-order chi connectivity index (χ1) is 13.2. The molecule has 0 N–H and O–H groups in total. The molecular weight excluding hydrogens is 342 g/mol. The fourth-order valence-electron chi connectivity index (χ4n) is 4.21. The third-order valence-corrected chi connectivity index (χ3v) is 5.81. The van der Waals surface area contributed by atoms with Crippen LogP contribution in [0, 0.1) is 0 Å². The molecule has 2 aliphatic rings. The van der Waals surface area contributed by atoms with E-state index in [1.807, 2.05) is 29.2 Å². The number of aromatic nitrogens is 2. The first kappa shape index (κ1) is 18.0. The summed E-state index contributed by atoms with van der Waals surface area (Å²) in [5.74, 6) is 2.84. The first-order valence-corrected chi connectivity index (χ1v) is 10.0. The molecule has 2 aromatic rings. The Balaban J connectivity index is 1.43. The van der Waals surface area contributed by atoms with E-state index in [4.69, 9.17) is 9.15 Å². The second kappa shape index (κ2) is 8.11. The number of methoxy groups -OCH3 is 1. The van der Waals surface area contributed by atoms with Crippen molar-refractivity contribution in [3.05, 3.63) is 41.6 Å². The lowest BCUT2D eigenvalue weighted by atomic mass is 9.89. The van der Waals surface area contributed by atoms with Gasteiger partial charge in [-0.2, -0.15) is 0 Å². The Morgan fingerprint density at radius 3 is 2.37 bits per heavy atom. The zero-order valence-corrected chi connectivity index (χ0v) is 15.9. The van der Waals surface area contributed by atoms with Crippen LogP contribution < -0.4 is 4.74 Å². The quantitative estimate of drug-likeness (QED) is 0.810. The van der Waals surface area contributed by atoms with Crippen LogP contribution >= 0.6 is 0 Å². The maximum absolute atomic E-state index is 12.8. The van der Waals surface area contributed by atoms with Crippen LogP contribution in [0.3, 0.4) is 0 Å². The highest BCUT2D eigenvalue weighted by atomic mass is 16.5. The van der Waals surface area contributed by atoms with Crippen LogP contribution in [-0.4, -0.2) is 41.2 Å². The predicted octanol–water partition coefficient (Wildman–Crippen LogP) is 4.15. The Morgan fingerprint density at radius 2 is 1.67 bits per heavy atom. The summed E-state index contributed by atoms with van der Waals surface area (Å²) in [6.45, 7) is 1.40. The Bertz CT molecular complexity index is 765. The van der Waals surface area contributed by atoms with Crippen LogP contribution in [0.2, 0.25) is 0 Å². The van der Waals surface area contributed by atoms with Crippen molar-refractivity contribution in [1.29, 1.82) is 0 Å². The lowest BCUT2D eigenvalue weighted by Crippen LogP contribution is -2.39. The van der Waals surface area contributed by atoms with Gasteiger partial charge in [0.25, 0.3) is 5.91 Å². The summed E-state index contributed by atoms with van der Waals surface area (Å²) in [5, 5.41) is 8.66. The fourth-order valence-corrected chi connectivity index (χ4v) is 4.21. The second-order valence-corrected chi connectivity index (χ2v) is 7.63. The second-order valence-electron chi connectivity index (χ2n) is 7.63. The standard InChI is InChI=1S/C21H27N3O3/c1-26-18-11-9-16(10-12-18)21(25)24-13-5-8-17(14-24)20-23-22-19(27-20)15-6-3-2-4-7-15/h9-12,15,17H,2-8,13-14H2,1H3. The molecule has 1 aliphatic carbocycles. The highest BCUT2D eigenvalue weighted by Gasteiger charge is 2.30. The Kier molecular flexibility index (Phi) is 5.41. The van der Waals surface area contributed by atoms with Crippen molar-refractivity contribution in [2.45, 2.75) is 56.8 Å². The van der Waals surface area contributed by atoms with Crippen molar-refractivity contribution in [3.63, 3.8) is 0 Å². The molecule has 1 aromatic carbocycles. The third-order valence-electron chi connectivity index (χ3n) is 5.81. The molecule has 27 heavy (non-hydrogen) atoms. The number of hydrogen-bond donors (Lipinski definition) is 0. The number of rotatable bonds is 4. The van der Waals surface area contributed by atoms with E-state index >= 15 is 0 Å². The van der Waals surface area contributed by atoms with E-state index in [0.717, 1.165) is 43.9 Å². The summed E-state index contributed by atoms with van der Waals surface area (Å²) in [7, 11) is 1.62. The van der Waals surface area contributed by atoms with E-state index in [0.29, 0.717) is 23.9 Å². The van der Waals surface area contributed by atoms with Gasteiger partial charge in [-0.25, -0.2) is 0 Å². The van der Waals surface area contributed by atoms with Gasteiger partial charge in [-0.3, -0.25) is 4.79 Å². The highest BCUT2D eigenvalue weighted by Crippen LogP contribution is 2.34. The van der Waals surface area contributed by atoms with Crippen LogP contribution in [0.15, 0.2) is 28.7 Å². The number of amides is 1. The lowest BCUT2D eigenvalue weighted by molar-refractivity contribution is 0.0697. The molecule has 1 aromatic heterocycles. The zero-order chi connectivity index (χ0) is 18.6. The molecule has 2 heterocycles. The van der Waals surface area contributed by atoms with Crippen molar-refractivity contribution in [1.82, 2.24) is 15.1 Å². The number of carbonyl (C=O) groups is 1. The van der Waals surface area contributed by atoms with Crippen LogP contribution in [0.1, 0.15) is 78.9 Å². The van der Waals surface area contributed by atoms with Crippen molar-refractivity contribution in [2.75, 3.05) is 20.2 Å². The topological polar surface area (TPSA) is 68.5 Å². The van der Waals surface area contributed by atoms with E-state index in [1.165, 1.54) is 19.3 Å². The largest absolute Gasteiger partial charge is 0.497 e. The Labute approximate surface area is 159 Å². The minimum Gasteiger partial charge on any atom is -0.497 e. The molecular formula is C21H27N3O3. The molecule has 1 unspecified atom stereocenters. The maximum atomic E-state index is 12.8. The van der Waals surface area contributed by atoms with Crippen LogP contribution in [0.4, 0.5) is 0 Å². The van der Waals surface area contributed by atoms with Gasteiger partial charge < -0.3 is 14.1 Å². The van der Waals surface area contributed by atoms with E-state index in [2.05, 4.69) is 10.2 Å². The molecule has 0 spiro atoms. The molecule has 1 aliphatic heterocycles. The van der Waals surface area contributed by atoms with Gasteiger partial charge in [0, 0.05) is 24.6 Å². The van der Waals surface area contributed by atoms with Gasteiger partial charge in [0.1, 0.15) is 5.75 Å². The SMILES string of the molecule is COc1ccc(C(=O)N2CCCC(c3nnc(C4CCCCC4)o3)C2)cc1. The van der Waals surface area contributed by atoms with Gasteiger partial charge in [0.2, 0.25) is 11.8 Å². The van der Waals surface area contributed by atoms with Gasteiger partial charge in [-0.1, -0.05) is 19.3 Å². The Morgan fingerprint density at radius 1 is 1.00 bits per heavy atom. The van der Waals surface area contributed by atoms with Gasteiger partial charge in [-0.05, 0) is 49.9 Å². The van der Waals surface area contributed by atoms with E-state index in [1.54, 1.807) is 7.11 Å². The molecule has 4 rings (SSSR count). The molecule has 0 radical (unpaired) electrons. The summed E-state index contributed by atoms with van der Waals surface area (Å²) in [6.07, 6.45) is 8.03. The van der Waals surface area contributed by atoms with Crippen LogP contribution in [0.25, 0.3) is 0 Å². The molecule has 144 valence electrons. The molecule has 1 atom stereocenters. The monoisotopic (exact) mass is 369 g/mol. The summed E-state index contributed by atoms with van der Waals surface area (Å²) in [4.78, 5) is 14.8. The molecule has 6 nitrogen and oxygen atoms in total. The minimum absolute atomic E-state index is 0.0503. The number of piperidine rings is 1. The summed E-state index contributed by atoms with van der Waals surface area (Å²) in [6, 6.07) is 7.28. The molecule has 6 heteroatoms. The van der Waals surface area contributed by atoms with Gasteiger partial charge in [0.15, 0.2) is 0 Å². The molecule has 1 saturated heterocycles. The number of ether oxygens (including phenoxy) is 1. The van der Waals surface area contributed by atoms with Gasteiger partial charge >= 0.3 is 0 Å². The van der Waals surface area contributed by atoms with Crippen molar-refractivity contribution in [3.8, 4) is 5.75 Å². The minimum atomic E-state index is 0.0503. The maximum Gasteiger partial charge on any atom is 0.253 e. The predicted molar refractivity (Wildman–Crippen MR) is 101 cm³/mol. The number of nitrogens with zero attached hydrogens (tertiary/aromatic N) is 3. The van der Waals surface area contributed by atoms with E-state index in [-0.39, 0.29) is 11.8 Å². The molecule has 0 bridgehead atoms. The lowest BCUT2D eigenvalue weighted by Gasteiger charge is -2.31. The molecule has 2 fully saturated rings. The summed E-state index contributed by atoms with van der Waals surface area (Å²) >= 11 is 0. The molecule has 1 amide bonds. The fraction of sp³-hybridized carbons (Fsp3) is 0.571. The smallest absolute Gasteiger partial charge is 0.253 e. The van der Waals surface area contributed by atoms with Gasteiger partial charge in [-0.15, -0.1) is 10.2 Å². The number of carbonyl (C=O) groups excluding carboxylic acids is 1. The van der Waals surface area contributed by atoms with Crippen LogP contribution in [-0.2, 0) is 0 Å². The average molecular weight is 369 g/mol. The summed E-state index contributed by atoms with van der Waals surface area (Å²) in [5.41, 5.74) is 0.685. The zero-order valence-electron chi connectivity index (χ0n) is 15.9.